The Labute approximate surface area is 366 Å². The van der Waals surface area contributed by atoms with E-state index < -0.39 is 11.9 Å². The monoisotopic (exact) mass is 830 g/mol. The largest absolute Gasteiger partial charge is 0.494 e. The van der Waals surface area contributed by atoms with E-state index in [1.807, 2.05) is 84.9 Å². The summed E-state index contributed by atoms with van der Waals surface area (Å²) in [6, 6.07) is 40.4. The molecule has 0 spiro atoms. The van der Waals surface area contributed by atoms with Crippen LogP contribution in [0.1, 0.15) is 123 Å². The van der Waals surface area contributed by atoms with Gasteiger partial charge in [0.1, 0.15) is 23.0 Å². The SMILES string of the molecule is CCCCCCCCOc1ccc(N=Cc2ccc(C(=O)Oc3ccc4ccc(OC(=O)c5ccc(C=Nc6ccc(OCCCCCCCC)cc6)cc5)cc4c3)cc2)cc1. The minimum absolute atomic E-state index is 0.376. The Kier molecular flexibility index (Phi) is 17.9. The molecule has 8 heteroatoms. The molecule has 0 aromatic heterocycles. The molecular formula is C54H58N2O6. The summed E-state index contributed by atoms with van der Waals surface area (Å²) in [6.07, 6.45) is 18.3. The van der Waals surface area contributed by atoms with Crippen molar-refractivity contribution in [2.24, 2.45) is 9.98 Å². The minimum Gasteiger partial charge on any atom is -0.494 e. The molecule has 0 amide bonds. The Morgan fingerprint density at radius 3 is 1.19 bits per heavy atom. The number of unbranched alkanes of at least 4 members (excludes halogenated alkanes) is 10. The van der Waals surface area contributed by atoms with Crippen LogP contribution in [0.3, 0.4) is 0 Å². The molecule has 6 rings (SSSR count). The van der Waals surface area contributed by atoms with Gasteiger partial charge in [0.25, 0.3) is 0 Å². The number of hydrogen-bond donors (Lipinski definition) is 0. The van der Waals surface area contributed by atoms with Crippen LogP contribution in [0.5, 0.6) is 23.0 Å². The summed E-state index contributed by atoms with van der Waals surface area (Å²) in [5.41, 5.74) is 4.15. The molecule has 0 unspecified atom stereocenters. The standard InChI is InChI=1S/C54H58N2O6/c1-3-5-7-9-11-13-35-59-49-31-25-47(26-32-49)55-39-41-15-19-44(20-16-41)53(57)61-51-29-23-43-24-30-52(38-46(43)37-51)62-54(58)45-21-17-42(18-22-45)40-56-48-27-33-50(34-28-48)60-36-14-12-10-8-6-4-2/h15-34,37-40H,3-14,35-36H2,1-2H3. The van der Waals surface area contributed by atoms with E-state index in [1.54, 1.807) is 61.0 Å². The van der Waals surface area contributed by atoms with E-state index in [0.717, 1.165) is 70.8 Å². The molecule has 0 atom stereocenters. The quantitative estimate of drug-likeness (QED) is 0.0261. The fourth-order valence-corrected chi connectivity index (χ4v) is 6.77. The second kappa shape index (κ2) is 24.7. The molecule has 0 bridgehead atoms. The highest BCUT2D eigenvalue weighted by atomic mass is 16.5. The Hall–Kier alpha value is -6.54. The molecule has 0 aliphatic carbocycles. The second-order valence-corrected chi connectivity index (χ2v) is 15.4. The average molecular weight is 831 g/mol. The highest BCUT2D eigenvalue weighted by Gasteiger charge is 2.12. The number of aliphatic imine (C=N–C) groups is 2. The van der Waals surface area contributed by atoms with Crippen LogP contribution >= 0.6 is 0 Å². The van der Waals surface area contributed by atoms with Crippen LogP contribution in [-0.4, -0.2) is 37.6 Å². The van der Waals surface area contributed by atoms with Gasteiger partial charge in [-0.3, -0.25) is 9.98 Å². The number of benzene rings is 6. The molecule has 0 radical (unpaired) electrons. The first kappa shape index (κ1) is 45.0. The van der Waals surface area contributed by atoms with Gasteiger partial charge in [0.2, 0.25) is 0 Å². The maximum atomic E-state index is 13.1. The van der Waals surface area contributed by atoms with Gasteiger partial charge in [-0.25, -0.2) is 9.59 Å². The zero-order chi connectivity index (χ0) is 43.2. The van der Waals surface area contributed by atoms with E-state index in [0.29, 0.717) is 22.6 Å². The van der Waals surface area contributed by atoms with E-state index in [2.05, 4.69) is 23.8 Å². The zero-order valence-electron chi connectivity index (χ0n) is 36.1. The molecule has 0 aliphatic rings. The lowest BCUT2D eigenvalue weighted by Crippen LogP contribution is -2.09. The lowest BCUT2D eigenvalue weighted by molar-refractivity contribution is 0.0726. The van der Waals surface area contributed by atoms with Crippen molar-refractivity contribution in [3.05, 3.63) is 156 Å². The van der Waals surface area contributed by atoms with Crippen LogP contribution in [0.4, 0.5) is 11.4 Å². The van der Waals surface area contributed by atoms with Crippen LogP contribution in [-0.2, 0) is 0 Å². The number of rotatable bonds is 24. The topological polar surface area (TPSA) is 95.8 Å². The van der Waals surface area contributed by atoms with Crippen LogP contribution in [0.15, 0.2) is 143 Å². The third-order valence-electron chi connectivity index (χ3n) is 10.4. The number of ether oxygens (including phenoxy) is 4. The molecule has 320 valence electrons. The molecule has 6 aromatic rings. The number of hydrogen-bond acceptors (Lipinski definition) is 8. The molecular weight excluding hydrogens is 773 g/mol. The average Bonchev–Trinajstić information content (AvgIpc) is 3.30. The van der Waals surface area contributed by atoms with Crippen molar-refractivity contribution in [1.29, 1.82) is 0 Å². The molecule has 0 fully saturated rings. The van der Waals surface area contributed by atoms with Crippen molar-refractivity contribution in [3.63, 3.8) is 0 Å². The number of esters is 2. The summed E-state index contributed by atoms with van der Waals surface area (Å²) in [5.74, 6) is 1.47. The van der Waals surface area contributed by atoms with Crippen molar-refractivity contribution >= 4 is 46.5 Å². The van der Waals surface area contributed by atoms with Gasteiger partial charge in [-0.1, -0.05) is 114 Å². The molecule has 0 heterocycles. The summed E-state index contributed by atoms with van der Waals surface area (Å²) in [4.78, 5) is 35.3. The maximum Gasteiger partial charge on any atom is 0.343 e. The van der Waals surface area contributed by atoms with Crippen molar-refractivity contribution in [1.82, 2.24) is 0 Å². The van der Waals surface area contributed by atoms with E-state index in [4.69, 9.17) is 18.9 Å². The summed E-state index contributed by atoms with van der Waals surface area (Å²) in [6.45, 7) is 5.91. The Balaban J connectivity index is 0.948. The van der Waals surface area contributed by atoms with Crippen LogP contribution in [0.2, 0.25) is 0 Å². The van der Waals surface area contributed by atoms with E-state index in [9.17, 15) is 9.59 Å². The number of carbonyl (C=O) groups is 2. The van der Waals surface area contributed by atoms with E-state index in [1.165, 1.54) is 64.2 Å². The van der Waals surface area contributed by atoms with Gasteiger partial charge >= 0.3 is 11.9 Å². The number of nitrogens with zero attached hydrogens (tertiary/aromatic N) is 2. The summed E-state index contributed by atoms with van der Waals surface area (Å²) in [5, 5.41) is 1.66. The third kappa shape index (κ3) is 14.9. The van der Waals surface area contributed by atoms with Gasteiger partial charge in [0.15, 0.2) is 0 Å². The van der Waals surface area contributed by atoms with Gasteiger partial charge in [-0.05, 0) is 132 Å². The summed E-state index contributed by atoms with van der Waals surface area (Å²) in [7, 11) is 0. The smallest absolute Gasteiger partial charge is 0.343 e. The van der Waals surface area contributed by atoms with E-state index in [-0.39, 0.29) is 0 Å². The predicted molar refractivity (Wildman–Crippen MR) is 252 cm³/mol. The highest BCUT2D eigenvalue weighted by molar-refractivity contribution is 5.95. The van der Waals surface area contributed by atoms with Gasteiger partial charge in [0.05, 0.1) is 35.7 Å². The molecule has 8 nitrogen and oxygen atoms in total. The fourth-order valence-electron chi connectivity index (χ4n) is 6.77. The van der Waals surface area contributed by atoms with Gasteiger partial charge < -0.3 is 18.9 Å². The third-order valence-corrected chi connectivity index (χ3v) is 10.4. The molecule has 6 aromatic carbocycles. The fraction of sp³-hybridized carbons (Fsp3) is 0.296. The lowest BCUT2D eigenvalue weighted by Gasteiger charge is -2.08. The predicted octanol–water partition coefficient (Wildman–Crippen LogP) is 14.3. The summed E-state index contributed by atoms with van der Waals surface area (Å²) >= 11 is 0. The number of fused-ring (bicyclic) bond motifs is 1. The normalized spacial score (nSPS) is 11.3. The van der Waals surface area contributed by atoms with Gasteiger partial charge in [-0.15, -0.1) is 0 Å². The highest BCUT2D eigenvalue weighted by Crippen LogP contribution is 2.27. The van der Waals surface area contributed by atoms with Gasteiger partial charge in [-0.2, -0.15) is 0 Å². The summed E-state index contributed by atoms with van der Waals surface area (Å²) < 4.78 is 23.2. The first-order valence-corrected chi connectivity index (χ1v) is 22.2. The Morgan fingerprint density at radius 2 is 0.790 bits per heavy atom. The van der Waals surface area contributed by atoms with Crippen molar-refractivity contribution in [2.45, 2.75) is 90.9 Å². The Morgan fingerprint density at radius 1 is 0.419 bits per heavy atom. The van der Waals surface area contributed by atoms with Crippen molar-refractivity contribution in [2.75, 3.05) is 13.2 Å². The number of carbonyl (C=O) groups excluding carboxylic acids is 2. The first-order chi connectivity index (χ1) is 30.4. The molecule has 0 N–H and O–H groups in total. The molecule has 0 saturated carbocycles. The van der Waals surface area contributed by atoms with Crippen LogP contribution in [0, 0.1) is 0 Å². The molecule has 0 aliphatic heterocycles. The van der Waals surface area contributed by atoms with Crippen molar-refractivity contribution in [3.8, 4) is 23.0 Å². The molecule has 0 saturated heterocycles. The zero-order valence-corrected chi connectivity index (χ0v) is 36.1. The van der Waals surface area contributed by atoms with Gasteiger partial charge in [0, 0.05) is 12.4 Å². The van der Waals surface area contributed by atoms with Crippen LogP contribution < -0.4 is 18.9 Å². The molecule has 62 heavy (non-hydrogen) atoms. The van der Waals surface area contributed by atoms with Crippen molar-refractivity contribution < 1.29 is 28.5 Å². The lowest BCUT2D eigenvalue weighted by atomic mass is 10.1. The van der Waals surface area contributed by atoms with Crippen LogP contribution in [0.25, 0.3) is 10.8 Å². The minimum atomic E-state index is -0.484. The maximum absolute atomic E-state index is 13.1. The second-order valence-electron chi connectivity index (χ2n) is 15.4. The first-order valence-electron chi connectivity index (χ1n) is 22.2. The van der Waals surface area contributed by atoms with E-state index >= 15 is 0 Å². The Bertz CT molecular complexity index is 2190.